The summed E-state index contributed by atoms with van der Waals surface area (Å²) in [5, 5.41) is 15.9. The van der Waals surface area contributed by atoms with Crippen LogP contribution in [0.25, 0.3) is 0 Å². The Kier molecular flexibility index (Phi) is 5.60. The largest absolute Gasteiger partial charge is 0.388 e. The zero-order valence-electron chi connectivity index (χ0n) is 13.4. The van der Waals surface area contributed by atoms with Crippen molar-refractivity contribution in [1.82, 2.24) is 15.6 Å². The smallest absolute Gasteiger partial charge is 0.315 e. The lowest BCUT2D eigenvalue weighted by molar-refractivity contribution is 0.00719. The lowest BCUT2D eigenvalue weighted by atomic mass is 9.85. The number of carbonyl (C=O) groups is 1. The van der Waals surface area contributed by atoms with Crippen LogP contribution in [0, 0.1) is 0 Å². The first-order valence-corrected chi connectivity index (χ1v) is 7.85. The molecule has 1 saturated carbocycles. The van der Waals surface area contributed by atoms with E-state index in [0.29, 0.717) is 13.1 Å². The van der Waals surface area contributed by atoms with Gasteiger partial charge in [0.25, 0.3) is 0 Å². The van der Waals surface area contributed by atoms with Crippen molar-refractivity contribution in [3.05, 3.63) is 23.9 Å². The van der Waals surface area contributed by atoms with E-state index < -0.39 is 5.60 Å². The predicted octanol–water partition coefficient (Wildman–Crippen LogP) is 1.64. The summed E-state index contributed by atoms with van der Waals surface area (Å²) in [6, 6.07) is 3.57. The van der Waals surface area contributed by atoms with E-state index in [1.165, 1.54) is 6.42 Å². The molecular weight excluding hydrogens is 280 g/mol. The number of aromatic nitrogens is 1. The Labute approximate surface area is 131 Å². The van der Waals surface area contributed by atoms with Crippen molar-refractivity contribution in [2.75, 3.05) is 25.5 Å². The molecule has 0 aromatic carbocycles. The maximum Gasteiger partial charge on any atom is 0.315 e. The molecule has 3 N–H and O–H groups in total. The number of amides is 2. The van der Waals surface area contributed by atoms with Crippen molar-refractivity contribution >= 4 is 11.8 Å². The van der Waals surface area contributed by atoms with Gasteiger partial charge in [0.2, 0.25) is 0 Å². The molecule has 2 rings (SSSR count). The van der Waals surface area contributed by atoms with Crippen LogP contribution in [0.5, 0.6) is 0 Å². The van der Waals surface area contributed by atoms with Crippen LogP contribution in [-0.2, 0) is 6.54 Å². The summed E-state index contributed by atoms with van der Waals surface area (Å²) in [4.78, 5) is 18.0. The third-order valence-electron chi connectivity index (χ3n) is 4.08. The molecule has 1 heterocycles. The summed E-state index contributed by atoms with van der Waals surface area (Å²) >= 11 is 0. The van der Waals surface area contributed by atoms with Crippen LogP contribution in [0.3, 0.4) is 0 Å². The molecule has 122 valence electrons. The molecule has 6 heteroatoms. The van der Waals surface area contributed by atoms with Gasteiger partial charge in [-0.25, -0.2) is 9.78 Å². The topological polar surface area (TPSA) is 77.5 Å². The van der Waals surface area contributed by atoms with Gasteiger partial charge in [-0.3, -0.25) is 0 Å². The lowest BCUT2D eigenvalue weighted by Gasteiger charge is -2.32. The molecule has 0 bridgehead atoms. The highest BCUT2D eigenvalue weighted by atomic mass is 16.3. The van der Waals surface area contributed by atoms with E-state index in [-0.39, 0.29) is 6.03 Å². The molecule has 22 heavy (non-hydrogen) atoms. The first-order valence-electron chi connectivity index (χ1n) is 7.85. The Morgan fingerprint density at radius 2 is 2.05 bits per heavy atom. The van der Waals surface area contributed by atoms with Gasteiger partial charge in [0.1, 0.15) is 5.82 Å². The number of nitrogens with zero attached hydrogens (tertiary/aromatic N) is 2. The van der Waals surface area contributed by atoms with Gasteiger partial charge in [-0.1, -0.05) is 19.3 Å². The SMILES string of the molecule is CN(C)c1cc(CNC(=O)NCC2(O)CCCCC2)ccn1. The first-order chi connectivity index (χ1) is 10.5. The average Bonchev–Trinajstić information content (AvgIpc) is 2.52. The molecule has 1 aromatic heterocycles. The highest BCUT2D eigenvalue weighted by Gasteiger charge is 2.29. The summed E-state index contributed by atoms with van der Waals surface area (Å²) in [6.07, 6.45) is 6.50. The van der Waals surface area contributed by atoms with Crippen LogP contribution in [0.4, 0.5) is 10.6 Å². The molecule has 0 saturated heterocycles. The Morgan fingerprint density at radius 3 is 2.73 bits per heavy atom. The van der Waals surface area contributed by atoms with Crippen LogP contribution in [0.1, 0.15) is 37.7 Å². The van der Waals surface area contributed by atoms with Crippen molar-refractivity contribution in [2.24, 2.45) is 0 Å². The fourth-order valence-corrected chi connectivity index (χ4v) is 2.69. The van der Waals surface area contributed by atoms with Crippen molar-refractivity contribution in [1.29, 1.82) is 0 Å². The van der Waals surface area contributed by atoms with Gasteiger partial charge in [-0.15, -0.1) is 0 Å². The Morgan fingerprint density at radius 1 is 1.32 bits per heavy atom. The van der Waals surface area contributed by atoms with E-state index in [4.69, 9.17) is 0 Å². The van der Waals surface area contributed by atoms with Crippen molar-refractivity contribution in [2.45, 2.75) is 44.2 Å². The van der Waals surface area contributed by atoms with E-state index in [1.54, 1.807) is 6.20 Å². The standard InChI is InChI=1S/C16H26N4O2/c1-20(2)14-10-13(6-9-17-14)11-18-15(21)19-12-16(22)7-4-3-5-8-16/h6,9-10,22H,3-5,7-8,11-12H2,1-2H3,(H2,18,19,21). The molecule has 1 aliphatic carbocycles. The highest BCUT2D eigenvalue weighted by molar-refractivity contribution is 5.73. The number of anilines is 1. The van der Waals surface area contributed by atoms with E-state index >= 15 is 0 Å². The second-order valence-electron chi connectivity index (χ2n) is 6.24. The Hall–Kier alpha value is -1.82. The van der Waals surface area contributed by atoms with Gasteiger partial charge in [0.05, 0.1) is 5.60 Å². The minimum Gasteiger partial charge on any atom is -0.388 e. The number of nitrogens with one attached hydrogen (secondary N) is 2. The fraction of sp³-hybridized carbons (Fsp3) is 0.625. The van der Waals surface area contributed by atoms with Crippen LogP contribution in [-0.4, -0.2) is 42.4 Å². The van der Waals surface area contributed by atoms with Crippen LogP contribution in [0.15, 0.2) is 18.3 Å². The summed E-state index contributed by atoms with van der Waals surface area (Å²) in [7, 11) is 3.86. The van der Waals surface area contributed by atoms with Crippen LogP contribution >= 0.6 is 0 Å². The molecule has 1 aliphatic rings. The number of pyridine rings is 1. The van der Waals surface area contributed by atoms with Gasteiger partial charge in [0, 0.05) is 33.4 Å². The number of hydrogen-bond donors (Lipinski definition) is 3. The Bertz CT molecular complexity index is 499. The quantitative estimate of drug-likeness (QED) is 0.773. The molecule has 0 spiro atoms. The fourth-order valence-electron chi connectivity index (χ4n) is 2.69. The zero-order valence-corrected chi connectivity index (χ0v) is 13.4. The summed E-state index contributed by atoms with van der Waals surface area (Å²) < 4.78 is 0. The average molecular weight is 306 g/mol. The molecule has 0 aliphatic heterocycles. The summed E-state index contributed by atoms with van der Waals surface area (Å²) in [6.45, 7) is 0.756. The number of urea groups is 1. The molecule has 6 nitrogen and oxygen atoms in total. The normalized spacial score (nSPS) is 16.9. The van der Waals surface area contributed by atoms with Crippen LogP contribution in [0.2, 0.25) is 0 Å². The van der Waals surface area contributed by atoms with Crippen molar-refractivity contribution < 1.29 is 9.90 Å². The highest BCUT2D eigenvalue weighted by Crippen LogP contribution is 2.27. The van der Waals surface area contributed by atoms with E-state index in [0.717, 1.165) is 37.1 Å². The third kappa shape index (κ3) is 4.87. The van der Waals surface area contributed by atoms with Crippen molar-refractivity contribution in [3.8, 4) is 0 Å². The number of aliphatic hydroxyl groups is 1. The van der Waals surface area contributed by atoms with Gasteiger partial charge < -0.3 is 20.6 Å². The minimum atomic E-state index is -0.732. The first kappa shape index (κ1) is 16.5. The van der Waals surface area contributed by atoms with E-state index in [1.807, 2.05) is 31.1 Å². The summed E-state index contributed by atoms with van der Waals surface area (Å²) in [5.74, 6) is 0.858. The molecule has 2 amide bonds. The number of rotatable bonds is 5. The second kappa shape index (κ2) is 7.45. The number of carbonyl (C=O) groups excluding carboxylic acids is 1. The maximum absolute atomic E-state index is 11.9. The van der Waals surface area contributed by atoms with Gasteiger partial charge in [-0.05, 0) is 30.5 Å². The maximum atomic E-state index is 11.9. The molecule has 1 aromatic rings. The third-order valence-corrected chi connectivity index (χ3v) is 4.08. The van der Waals surface area contributed by atoms with Gasteiger partial charge in [-0.2, -0.15) is 0 Å². The monoisotopic (exact) mass is 306 g/mol. The molecule has 0 radical (unpaired) electrons. The summed E-state index contributed by atoms with van der Waals surface area (Å²) in [5.41, 5.74) is 0.259. The zero-order chi connectivity index (χ0) is 16.0. The predicted molar refractivity (Wildman–Crippen MR) is 86.8 cm³/mol. The van der Waals surface area contributed by atoms with Gasteiger partial charge >= 0.3 is 6.03 Å². The molecule has 0 unspecified atom stereocenters. The Balaban J connectivity index is 1.76. The number of hydrogen-bond acceptors (Lipinski definition) is 4. The molecule has 0 atom stereocenters. The lowest BCUT2D eigenvalue weighted by Crippen LogP contribution is -2.47. The molecule has 1 fully saturated rings. The van der Waals surface area contributed by atoms with Crippen molar-refractivity contribution in [3.63, 3.8) is 0 Å². The van der Waals surface area contributed by atoms with Gasteiger partial charge in [0.15, 0.2) is 0 Å². The minimum absolute atomic E-state index is 0.248. The molecular formula is C16H26N4O2. The second-order valence-corrected chi connectivity index (χ2v) is 6.24. The van der Waals surface area contributed by atoms with Crippen LogP contribution < -0.4 is 15.5 Å². The van der Waals surface area contributed by atoms with E-state index in [9.17, 15) is 9.90 Å². The van der Waals surface area contributed by atoms with E-state index in [2.05, 4.69) is 15.6 Å².